The Hall–Kier alpha value is -3.03. The molecule has 1 saturated heterocycles. The molecule has 2 fully saturated rings. The second-order valence-corrected chi connectivity index (χ2v) is 6.97. The number of hydrogen-bond donors (Lipinski definition) is 2. The van der Waals surface area contributed by atoms with Crippen LogP contribution in [0.2, 0.25) is 0 Å². The van der Waals surface area contributed by atoms with Gasteiger partial charge in [-0.15, -0.1) is 0 Å². The van der Waals surface area contributed by atoms with Crippen LogP contribution in [-0.4, -0.2) is 50.2 Å². The number of rotatable bonds is 4. The van der Waals surface area contributed by atoms with E-state index in [-0.39, 0.29) is 11.9 Å². The summed E-state index contributed by atoms with van der Waals surface area (Å²) < 4.78 is 0. The van der Waals surface area contributed by atoms with Gasteiger partial charge in [-0.3, -0.25) is 9.89 Å². The van der Waals surface area contributed by atoms with Gasteiger partial charge in [-0.25, -0.2) is 15.0 Å². The van der Waals surface area contributed by atoms with E-state index in [2.05, 4.69) is 30.4 Å². The van der Waals surface area contributed by atoms with E-state index >= 15 is 0 Å². The summed E-state index contributed by atoms with van der Waals surface area (Å²) in [5.41, 5.74) is 2.16. The molecule has 0 spiro atoms. The van der Waals surface area contributed by atoms with Crippen molar-refractivity contribution in [2.24, 2.45) is 0 Å². The van der Waals surface area contributed by atoms with Crippen molar-refractivity contribution < 1.29 is 4.79 Å². The van der Waals surface area contributed by atoms with E-state index < -0.39 is 0 Å². The lowest BCUT2D eigenvalue weighted by Crippen LogP contribution is -2.37. The van der Waals surface area contributed by atoms with Crippen LogP contribution < -0.4 is 10.2 Å². The molecule has 2 N–H and O–H groups in total. The molecule has 3 aromatic heterocycles. The molecule has 5 rings (SSSR count). The van der Waals surface area contributed by atoms with Crippen LogP contribution in [-0.2, 0) is 0 Å². The Bertz CT molecular complexity index is 965. The third kappa shape index (κ3) is 2.87. The first-order valence-electron chi connectivity index (χ1n) is 8.95. The summed E-state index contributed by atoms with van der Waals surface area (Å²) in [6.07, 6.45) is 6.85. The zero-order chi connectivity index (χ0) is 17.5. The van der Waals surface area contributed by atoms with Crippen LogP contribution >= 0.6 is 0 Å². The van der Waals surface area contributed by atoms with E-state index in [0.29, 0.717) is 23.8 Å². The molecule has 4 heterocycles. The lowest BCUT2D eigenvalue weighted by molar-refractivity contribution is 0.0935. The van der Waals surface area contributed by atoms with Crippen molar-refractivity contribution in [2.75, 3.05) is 18.0 Å². The third-order valence-electron chi connectivity index (χ3n) is 5.00. The zero-order valence-corrected chi connectivity index (χ0v) is 14.2. The van der Waals surface area contributed by atoms with Gasteiger partial charge in [0.05, 0.1) is 6.20 Å². The van der Waals surface area contributed by atoms with Crippen LogP contribution in [0.5, 0.6) is 0 Å². The van der Waals surface area contributed by atoms with Crippen molar-refractivity contribution in [1.82, 2.24) is 30.5 Å². The minimum Gasteiger partial charge on any atom is -0.346 e. The first kappa shape index (κ1) is 15.2. The monoisotopic (exact) mass is 349 g/mol. The third-order valence-corrected chi connectivity index (χ3v) is 5.00. The Kier molecular flexibility index (Phi) is 3.55. The van der Waals surface area contributed by atoms with Crippen LogP contribution in [0, 0.1) is 0 Å². The van der Waals surface area contributed by atoms with Crippen molar-refractivity contribution in [1.29, 1.82) is 0 Å². The highest BCUT2D eigenvalue weighted by Crippen LogP contribution is 2.39. The topological polar surface area (TPSA) is 99.7 Å². The maximum Gasteiger partial charge on any atom is 0.270 e. The zero-order valence-electron chi connectivity index (χ0n) is 14.2. The molecular formula is C18H19N7O. The smallest absolute Gasteiger partial charge is 0.270 e. The van der Waals surface area contributed by atoms with Crippen molar-refractivity contribution in [3.05, 3.63) is 42.0 Å². The molecular weight excluding hydrogens is 330 g/mol. The van der Waals surface area contributed by atoms with E-state index in [1.807, 2.05) is 18.3 Å². The molecule has 0 aromatic carbocycles. The lowest BCUT2D eigenvalue weighted by atomic mass is 10.2. The number of nitrogens with one attached hydrogen (secondary N) is 2. The summed E-state index contributed by atoms with van der Waals surface area (Å²) in [4.78, 5) is 28.1. The predicted molar refractivity (Wildman–Crippen MR) is 96.0 cm³/mol. The second-order valence-electron chi connectivity index (χ2n) is 6.97. The summed E-state index contributed by atoms with van der Waals surface area (Å²) in [5.74, 6) is 1.21. The van der Waals surface area contributed by atoms with Gasteiger partial charge < -0.3 is 10.2 Å². The molecule has 1 atom stereocenters. The number of aromatic nitrogens is 5. The number of anilines is 1. The molecule has 8 nitrogen and oxygen atoms in total. The van der Waals surface area contributed by atoms with Gasteiger partial charge in [0.2, 0.25) is 5.95 Å². The highest BCUT2D eigenvalue weighted by Gasteiger charge is 2.29. The highest BCUT2D eigenvalue weighted by atomic mass is 16.2. The molecule has 2 aliphatic rings. The summed E-state index contributed by atoms with van der Waals surface area (Å²) in [5, 5.41) is 10.7. The van der Waals surface area contributed by atoms with E-state index in [4.69, 9.17) is 4.98 Å². The molecule has 8 heteroatoms. The number of carbonyl (C=O) groups excluding carboxylic acids is 1. The maximum absolute atomic E-state index is 12.5. The van der Waals surface area contributed by atoms with Gasteiger partial charge in [0.1, 0.15) is 5.69 Å². The number of amides is 1. The molecule has 26 heavy (non-hydrogen) atoms. The number of aromatic amines is 1. The van der Waals surface area contributed by atoms with E-state index in [1.165, 1.54) is 12.8 Å². The SMILES string of the molecule is O=C(NC1CCN(c2nccc(C3CC3)n2)C1)c1ccc2cn[nH]c2n1. The van der Waals surface area contributed by atoms with Crippen molar-refractivity contribution in [3.63, 3.8) is 0 Å². The van der Waals surface area contributed by atoms with Gasteiger partial charge in [0.25, 0.3) is 5.91 Å². The molecule has 3 aromatic rings. The fraction of sp³-hybridized carbons (Fsp3) is 0.389. The molecule has 0 radical (unpaired) electrons. The highest BCUT2D eigenvalue weighted by molar-refractivity contribution is 5.94. The molecule has 1 aliphatic heterocycles. The summed E-state index contributed by atoms with van der Waals surface area (Å²) in [6.45, 7) is 1.55. The fourth-order valence-corrected chi connectivity index (χ4v) is 3.39. The predicted octanol–water partition coefficient (Wildman–Crippen LogP) is 1.63. The normalized spacial score (nSPS) is 19.8. The average molecular weight is 349 g/mol. The molecule has 1 amide bonds. The Morgan fingerprint density at radius 2 is 2.12 bits per heavy atom. The van der Waals surface area contributed by atoms with Gasteiger partial charge in [0, 0.05) is 42.3 Å². The Balaban J connectivity index is 1.25. The van der Waals surface area contributed by atoms with Crippen molar-refractivity contribution in [2.45, 2.75) is 31.2 Å². The van der Waals surface area contributed by atoms with E-state index in [9.17, 15) is 4.79 Å². The molecule has 132 valence electrons. The van der Waals surface area contributed by atoms with Gasteiger partial charge in [-0.05, 0) is 37.5 Å². The number of pyridine rings is 1. The van der Waals surface area contributed by atoms with Crippen molar-refractivity contribution in [3.8, 4) is 0 Å². The Labute approximate surface area is 150 Å². The van der Waals surface area contributed by atoms with Crippen LogP contribution in [0.15, 0.2) is 30.6 Å². The largest absolute Gasteiger partial charge is 0.346 e. The Morgan fingerprint density at radius 3 is 3.00 bits per heavy atom. The van der Waals surface area contributed by atoms with Gasteiger partial charge in [0.15, 0.2) is 5.65 Å². The second kappa shape index (κ2) is 6.05. The number of nitrogens with zero attached hydrogens (tertiary/aromatic N) is 5. The molecule has 1 saturated carbocycles. The Morgan fingerprint density at radius 1 is 1.19 bits per heavy atom. The quantitative estimate of drug-likeness (QED) is 0.743. The molecule has 0 bridgehead atoms. The summed E-state index contributed by atoms with van der Waals surface area (Å²) >= 11 is 0. The van der Waals surface area contributed by atoms with Gasteiger partial charge in [-0.2, -0.15) is 5.10 Å². The minimum atomic E-state index is -0.166. The van der Waals surface area contributed by atoms with Crippen molar-refractivity contribution >= 4 is 22.9 Å². The maximum atomic E-state index is 12.5. The van der Waals surface area contributed by atoms with E-state index in [1.54, 1.807) is 12.3 Å². The van der Waals surface area contributed by atoms with E-state index in [0.717, 1.165) is 30.0 Å². The number of carbonyl (C=O) groups is 1. The summed E-state index contributed by atoms with van der Waals surface area (Å²) in [6, 6.07) is 5.64. The molecule has 1 aliphatic carbocycles. The first-order valence-corrected chi connectivity index (χ1v) is 8.95. The number of fused-ring (bicyclic) bond motifs is 1. The number of hydrogen-bond acceptors (Lipinski definition) is 6. The van der Waals surface area contributed by atoms with Gasteiger partial charge in [-0.1, -0.05) is 0 Å². The minimum absolute atomic E-state index is 0.0648. The van der Waals surface area contributed by atoms with Crippen LogP contribution in [0.4, 0.5) is 5.95 Å². The first-order chi connectivity index (χ1) is 12.8. The summed E-state index contributed by atoms with van der Waals surface area (Å²) in [7, 11) is 0. The molecule has 1 unspecified atom stereocenters. The van der Waals surface area contributed by atoms with Crippen LogP contribution in [0.25, 0.3) is 11.0 Å². The van der Waals surface area contributed by atoms with Gasteiger partial charge >= 0.3 is 0 Å². The van der Waals surface area contributed by atoms with Crippen LogP contribution in [0.1, 0.15) is 41.4 Å². The lowest BCUT2D eigenvalue weighted by Gasteiger charge is -2.17. The standard InChI is InChI=1S/C18H19N7O/c26-17(15-4-3-12-9-20-24-16(12)22-15)21-13-6-8-25(10-13)18-19-7-5-14(23-18)11-1-2-11/h3-5,7,9,11,13H,1-2,6,8,10H2,(H,21,26)(H,20,22,24). The van der Waals surface area contributed by atoms with Crippen LogP contribution in [0.3, 0.4) is 0 Å². The average Bonchev–Trinajstić information content (AvgIpc) is 3.23. The fourth-order valence-electron chi connectivity index (χ4n) is 3.39. The number of H-pyrrole nitrogens is 1.